The number of carbonyl (C=O) groups is 1. The van der Waals surface area contributed by atoms with Crippen molar-refractivity contribution in [3.05, 3.63) is 41.0 Å². The molecule has 1 aliphatic heterocycles. The number of benzene rings is 1. The molecule has 0 spiro atoms. The van der Waals surface area contributed by atoms with Crippen LogP contribution in [0.3, 0.4) is 0 Å². The summed E-state index contributed by atoms with van der Waals surface area (Å²) in [7, 11) is 0. The molecule has 0 saturated heterocycles. The lowest BCUT2D eigenvalue weighted by Crippen LogP contribution is -2.34. The molecular weight excluding hydrogens is 291 g/mol. The molecule has 22 heavy (non-hydrogen) atoms. The molecule has 0 N–H and O–H groups in total. The van der Waals surface area contributed by atoms with Crippen molar-refractivity contribution in [2.45, 2.75) is 39.3 Å². The lowest BCUT2D eigenvalue weighted by atomic mass is 9.92. The average molecular weight is 311 g/mol. The van der Waals surface area contributed by atoms with Crippen molar-refractivity contribution in [1.29, 1.82) is 0 Å². The highest BCUT2D eigenvalue weighted by molar-refractivity contribution is 5.78. The maximum atomic E-state index is 13.3. The summed E-state index contributed by atoms with van der Waals surface area (Å²) < 4.78 is 39.9. The minimum absolute atomic E-state index is 0.0349. The first-order chi connectivity index (χ1) is 10.4. The van der Waals surface area contributed by atoms with Crippen LogP contribution in [0, 0.1) is 0 Å². The molecule has 0 aliphatic carbocycles. The third-order valence-corrected chi connectivity index (χ3v) is 4.01. The van der Waals surface area contributed by atoms with E-state index in [1.807, 2.05) is 6.92 Å². The number of rotatable bonds is 3. The average Bonchev–Trinajstić information content (AvgIpc) is 2.53. The standard InChI is InChI=1S/C17H20F3NO/c1-3-12-5-6-14(15(11-12)17(18,19)20)13-7-9-21(10-8-13)16(22)4-2/h5-7,11H,3-4,8-10H2,1-2H3. The first kappa shape index (κ1) is 16.6. The van der Waals surface area contributed by atoms with Crippen molar-refractivity contribution >= 4 is 11.5 Å². The van der Waals surface area contributed by atoms with E-state index < -0.39 is 11.7 Å². The summed E-state index contributed by atoms with van der Waals surface area (Å²) in [5, 5.41) is 0. The molecule has 120 valence electrons. The van der Waals surface area contributed by atoms with Crippen LogP contribution in [0.15, 0.2) is 24.3 Å². The van der Waals surface area contributed by atoms with Crippen LogP contribution in [0.25, 0.3) is 5.57 Å². The van der Waals surface area contributed by atoms with Gasteiger partial charge in [0.25, 0.3) is 0 Å². The molecule has 0 unspecified atom stereocenters. The normalized spacial score (nSPS) is 15.7. The van der Waals surface area contributed by atoms with Crippen LogP contribution in [0.5, 0.6) is 0 Å². The fraction of sp³-hybridized carbons (Fsp3) is 0.471. The Hall–Kier alpha value is -1.78. The molecule has 0 bridgehead atoms. The van der Waals surface area contributed by atoms with Gasteiger partial charge in [0.1, 0.15) is 0 Å². The molecule has 0 fully saturated rings. The second-order valence-electron chi connectivity index (χ2n) is 5.40. The summed E-state index contributed by atoms with van der Waals surface area (Å²) in [6.45, 7) is 4.48. The predicted octanol–water partition coefficient (Wildman–Crippen LogP) is 4.29. The quantitative estimate of drug-likeness (QED) is 0.815. The fourth-order valence-electron chi connectivity index (χ4n) is 2.69. The molecule has 1 aromatic rings. The van der Waals surface area contributed by atoms with Crippen LogP contribution in [-0.4, -0.2) is 23.9 Å². The zero-order chi connectivity index (χ0) is 16.3. The van der Waals surface area contributed by atoms with E-state index in [-0.39, 0.29) is 11.5 Å². The van der Waals surface area contributed by atoms with E-state index in [1.165, 1.54) is 6.07 Å². The van der Waals surface area contributed by atoms with E-state index in [0.29, 0.717) is 43.5 Å². The van der Waals surface area contributed by atoms with Gasteiger partial charge in [-0.3, -0.25) is 4.79 Å². The summed E-state index contributed by atoms with van der Waals surface area (Å²) in [6.07, 6.45) is -1.17. The zero-order valence-corrected chi connectivity index (χ0v) is 12.8. The van der Waals surface area contributed by atoms with Crippen LogP contribution in [0.2, 0.25) is 0 Å². The van der Waals surface area contributed by atoms with Crippen LogP contribution in [0.1, 0.15) is 43.4 Å². The third kappa shape index (κ3) is 3.51. The lowest BCUT2D eigenvalue weighted by Gasteiger charge is -2.27. The fourth-order valence-corrected chi connectivity index (χ4v) is 2.69. The van der Waals surface area contributed by atoms with Gasteiger partial charge >= 0.3 is 6.18 Å². The summed E-state index contributed by atoms with van der Waals surface area (Å²) >= 11 is 0. The maximum absolute atomic E-state index is 13.3. The number of aryl methyl sites for hydroxylation is 1. The van der Waals surface area contributed by atoms with Gasteiger partial charge in [0.05, 0.1) is 5.56 Å². The van der Waals surface area contributed by atoms with Crippen LogP contribution in [-0.2, 0) is 17.4 Å². The van der Waals surface area contributed by atoms with Crippen molar-refractivity contribution in [3.63, 3.8) is 0 Å². The Bertz CT molecular complexity index is 590. The molecule has 0 atom stereocenters. The van der Waals surface area contributed by atoms with Crippen molar-refractivity contribution in [3.8, 4) is 0 Å². The van der Waals surface area contributed by atoms with Gasteiger partial charge in [0.15, 0.2) is 0 Å². The Kier molecular flexibility index (Phi) is 4.94. The first-order valence-electron chi connectivity index (χ1n) is 7.54. The van der Waals surface area contributed by atoms with Gasteiger partial charge in [-0.25, -0.2) is 0 Å². The van der Waals surface area contributed by atoms with Gasteiger partial charge in [-0.1, -0.05) is 32.1 Å². The highest BCUT2D eigenvalue weighted by atomic mass is 19.4. The minimum atomic E-state index is -4.36. The topological polar surface area (TPSA) is 20.3 Å². The van der Waals surface area contributed by atoms with Crippen molar-refractivity contribution in [1.82, 2.24) is 4.90 Å². The number of amides is 1. The largest absolute Gasteiger partial charge is 0.417 e. The summed E-state index contributed by atoms with van der Waals surface area (Å²) in [5.41, 5.74) is 1.02. The summed E-state index contributed by atoms with van der Waals surface area (Å²) in [5.74, 6) is 0.0349. The molecule has 5 heteroatoms. The van der Waals surface area contributed by atoms with Gasteiger partial charge in [-0.15, -0.1) is 0 Å². The maximum Gasteiger partial charge on any atom is 0.417 e. The molecule has 0 saturated carbocycles. The predicted molar refractivity (Wildman–Crippen MR) is 80.3 cm³/mol. The number of nitrogens with zero attached hydrogens (tertiary/aromatic N) is 1. The van der Waals surface area contributed by atoms with Gasteiger partial charge in [0, 0.05) is 19.5 Å². The van der Waals surface area contributed by atoms with E-state index in [9.17, 15) is 18.0 Å². The molecule has 1 aromatic carbocycles. The molecule has 2 nitrogen and oxygen atoms in total. The summed E-state index contributed by atoms with van der Waals surface area (Å²) in [4.78, 5) is 13.3. The Morgan fingerprint density at radius 3 is 2.50 bits per heavy atom. The van der Waals surface area contributed by atoms with E-state index in [2.05, 4.69) is 0 Å². The Labute approximate surface area is 128 Å². The van der Waals surface area contributed by atoms with Gasteiger partial charge in [-0.05, 0) is 35.6 Å². The van der Waals surface area contributed by atoms with Gasteiger partial charge < -0.3 is 4.90 Å². The molecule has 1 amide bonds. The third-order valence-electron chi connectivity index (χ3n) is 4.01. The van der Waals surface area contributed by atoms with E-state index >= 15 is 0 Å². The van der Waals surface area contributed by atoms with Crippen molar-refractivity contribution in [2.24, 2.45) is 0 Å². The number of halogens is 3. The molecule has 0 aromatic heterocycles. The van der Waals surface area contributed by atoms with Crippen molar-refractivity contribution < 1.29 is 18.0 Å². The van der Waals surface area contributed by atoms with E-state index in [4.69, 9.17) is 0 Å². The smallest absolute Gasteiger partial charge is 0.339 e. The number of carbonyl (C=O) groups excluding carboxylic acids is 1. The number of hydrogen-bond acceptors (Lipinski definition) is 1. The monoisotopic (exact) mass is 311 g/mol. The molecular formula is C17H20F3NO. The minimum Gasteiger partial charge on any atom is -0.339 e. The lowest BCUT2D eigenvalue weighted by molar-refractivity contribution is -0.138. The molecule has 0 radical (unpaired) electrons. The summed E-state index contributed by atoms with van der Waals surface area (Å²) in [6, 6.07) is 4.54. The zero-order valence-electron chi connectivity index (χ0n) is 12.8. The van der Waals surface area contributed by atoms with E-state index in [0.717, 1.165) is 0 Å². The van der Waals surface area contributed by atoms with E-state index in [1.54, 1.807) is 30.0 Å². The van der Waals surface area contributed by atoms with Crippen LogP contribution < -0.4 is 0 Å². The second kappa shape index (κ2) is 6.55. The van der Waals surface area contributed by atoms with Gasteiger partial charge in [-0.2, -0.15) is 13.2 Å². The van der Waals surface area contributed by atoms with Crippen LogP contribution >= 0.6 is 0 Å². The number of hydrogen-bond donors (Lipinski definition) is 0. The number of alkyl halides is 3. The SMILES string of the molecule is CCC(=O)N1CC=C(c2ccc(CC)cc2C(F)(F)F)CC1. The highest BCUT2D eigenvalue weighted by Gasteiger charge is 2.34. The second-order valence-corrected chi connectivity index (χ2v) is 5.40. The van der Waals surface area contributed by atoms with Crippen LogP contribution in [0.4, 0.5) is 13.2 Å². The first-order valence-corrected chi connectivity index (χ1v) is 7.54. The molecule has 2 rings (SSSR count). The molecule has 1 aliphatic rings. The molecule has 1 heterocycles. The van der Waals surface area contributed by atoms with Gasteiger partial charge in [0.2, 0.25) is 5.91 Å². The Morgan fingerprint density at radius 1 is 1.27 bits per heavy atom. The Morgan fingerprint density at radius 2 is 2.00 bits per heavy atom. The Balaban J connectivity index is 2.33. The highest BCUT2D eigenvalue weighted by Crippen LogP contribution is 2.37. The van der Waals surface area contributed by atoms with Crippen molar-refractivity contribution in [2.75, 3.05) is 13.1 Å².